The van der Waals surface area contributed by atoms with Crippen molar-refractivity contribution in [1.82, 2.24) is 0 Å². The summed E-state index contributed by atoms with van der Waals surface area (Å²) in [5, 5.41) is 3.71. The number of rotatable bonds is 1. The lowest BCUT2D eigenvalue weighted by molar-refractivity contribution is 0.803. The van der Waals surface area contributed by atoms with E-state index in [0.29, 0.717) is 11.8 Å². The zero-order chi connectivity index (χ0) is 18.5. The molecule has 1 heteroatoms. The first-order chi connectivity index (χ1) is 13.1. The van der Waals surface area contributed by atoms with Crippen molar-refractivity contribution in [2.45, 2.75) is 32.6 Å². The van der Waals surface area contributed by atoms with Gasteiger partial charge in [-0.15, -0.1) is 0 Å². The highest BCUT2D eigenvalue weighted by Gasteiger charge is 2.23. The summed E-state index contributed by atoms with van der Waals surface area (Å²) >= 11 is 6.45. The second kappa shape index (κ2) is 6.39. The van der Waals surface area contributed by atoms with Crippen LogP contribution in [-0.4, -0.2) is 0 Å². The molecule has 27 heavy (non-hydrogen) atoms. The lowest BCUT2D eigenvalue weighted by atomic mass is 9.78. The summed E-state index contributed by atoms with van der Waals surface area (Å²) in [7, 11) is 0. The van der Waals surface area contributed by atoms with Gasteiger partial charge in [0, 0.05) is 10.9 Å². The molecular weight excluding hydrogens is 348 g/mol. The van der Waals surface area contributed by atoms with Crippen molar-refractivity contribution in [3.05, 3.63) is 91.8 Å². The van der Waals surface area contributed by atoms with E-state index in [4.69, 9.17) is 11.6 Å². The molecule has 2 aromatic carbocycles. The third-order valence-corrected chi connectivity index (χ3v) is 6.67. The van der Waals surface area contributed by atoms with Crippen molar-refractivity contribution in [3.63, 3.8) is 0 Å². The van der Waals surface area contributed by atoms with Gasteiger partial charge in [0.1, 0.15) is 0 Å². The molecule has 0 amide bonds. The van der Waals surface area contributed by atoms with Gasteiger partial charge >= 0.3 is 0 Å². The average Bonchev–Trinajstić information content (AvgIpc) is 2.68. The van der Waals surface area contributed by atoms with Crippen LogP contribution in [0.3, 0.4) is 0 Å². The van der Waals surface area contributed by atoms with Crippen LogP contribution in [0.5, 0.6) is 0 Å². The Labute approximate surface area is 165 Å². The molecule has 2 unspecified atom stereocenters. The smallest absolute Gasteiger partial charge is 0.0444 e. The maximum Gasteiger partial charge on any atom is 0.0444 e. The monoisotopic (exact) mass is 370 g/mol. The van der Waals surface area contributed by atoms with E-state index in [0.717, 1.165) is 17.9 Å². The zero-order valence-corrected chi connectivity index (χ0v) is 16.6. The van der Waals surface area contributed by atoms with Gasteiger partial charge in [0.05, 0.1) is 0 Å². The van der Waals surface area contributed by atoms with Crippen LogP contribution in [0, 0.1) is 5.92 Å². The highest BCUT2D eigenvalue weighted by atomic mass is 35.5. The van der Waals surface area contributed by atoms with Crippen LogP contribution < -0.4 is 10.4 Å². The Kier molecular flexibility index (Phi) is 3.98. The fraction of sp³-hybridized carbons (Fsp3) is 0.231. The summed E-state index contributed by atoms with van der Waals surface area (Å²) in [5.74, 6) is 0.890. The Balaban J connectivity index is 1.58. The van der Waals surface area contributed by atoms with Gasteiger partial charge in [0.2, 0.25) is 0 Å². The van der Waals surface area contributed by atoms with E-state index in [2.05, 4.69) is 68.5 Å². The maximum atomic E-state index is 6.45. The molecule has 3 aliphatic carbocycles. The van der Waals surface area contributed by atoms with E-state index in [1.54, 1.807) is 0 Å². The van der Waals surface area contributed by atoms with Crippen molar-refractivity contribution < 1.29 is 0 Å². The van der Waals surface area contributed by atoms with Gasteiger partial charge in [0.25, 0.3) is 0 Å². The predicted octanol–water partition coefficient (Wildman–Crippen LogP) is 5.86. The van der Waals surface area contributed by atoms with E-state index in [1.165, 1.54) is 43.8 Å². The Morgan fingerprint density at radius 1 is 1.04 bits per heavy atom. The van der Waals surface area contributed by atoms with Crippen LogP contribution in [0.1, 0.15) is 49.3 Å². The lowest BCUT2D eigenvalue weighted by Gasteiger charge is -2.27. The molecular formula is C26H23Cl. The Morgan fingerprint density at radius 3 is 2.74 bits per heavy atom. The fourth-order valence-electron chi connectivity index (χ4n) is 4.64. The molecule has 0 bridgehead atoms. The minimum absolute atomic E-state index is 0.377. The molecule has 0 fully saturated rings. The predicted molar refractivity (Wildman–Crippen MR) is 117 cm³/mol. The molecule has 2 aromatic rings. The van der Waals surface area contributed by atoms with E-state index in [9.17, 15) is 0 Å². The first-order valence-corrected chi connectivity index (χ1v) is 10.2. The molecule has 3 aliphatic rings. The first-order valence-electron chi connectivity index (χ1n) is 9.80. The van der Waals surface area contributed by atoms with Crippen molar-refractivity contribution in [3.8, 4) is 0 Å². The van der Waals surface area contributed by atoms with Gasteiger partial charge < -0.3 is 0 Å². The molecule has 0 aromatic heterocycles. The van der Waals surface area contributed by atoms with Gasteiger partial charge in [-0.25, -0.2) is 0 Å². The SMILES string of the molecule is CC1=Cc2ccc3c(c2=CC1C)=CCC1=C3C=CC(c2ccccc2Cl)C1. The maximum absolute atomic E-state index is 6.45. The lowest BCUT2D eigenvalue weighted by Crippen LogP contribution is -2.34. The normalized spacial score (nSPS) is 22.9. The van der Waals surface area contributed by atoms with Crippen molar-refractivity contribution in [2.75, 3.05) is 0 Å². The number of hydrogen-bond donors (Lipinski definition) is 0. The number of hydrogen-bond acceptors (Lipinski definition) is 0. The molecule has 0 radical (unpaired) electrons. The van der Waals surface area contributed by atoms with Crippen LogP contribution in [-0.2, 0) is 0 Å². The van der Waals surface area contributed by atoms with Crippen molar-refractivity contribution >= 4 is 35.4 Å². The number of allylic oxidation sites excluding steroid dienone is 5. The molecule has 0 saturated carbocycles. The summed E-state index contributed by atoms with van der Waals surface area (Å²) in [5.41, 5.74) is 8.38. The Bertz CT molecular complexity index is 1160. The highest BCUT2D eigenvalue weighted by Crippen LogP contribution is 2.39. The largest absolute Gasteiger partial charge is 0.0840 e. The average molecular weight is 371 g/mol. The zero-order valence-electron chi connectivity index (χ0n) is 15.8. The van der Waals surface area contributed by atoms with Gasteiger partial charge in [-0.05, 0) is 64.5 Å². The second-order valence-corrected chi connectivity index (χ2v) is 8.40. The standard InChI is InChI=1S/C26H23Cl/c1-16-13-18-8-11-23-21-10-7-20(22-5-3-4-6-26(22)27)15-19(21)9-12-24(23)25(18)14-17(16)2/h3-8,10-14,17,20H,9,15H2,1-2H3. The van der Waals surface area contributed by atoms with Crippen LogP contribution in [0.2, 0.25) is 5.02 Å². The van der Waals surface area contributed by atoms with Crippen LogP contribution >= 0.6 is 11.6 Å². The topological polar surface area (TPSA) is 0 Å². The quantitative estimate of drug-likeness (QED) is 0.590. The van der Waals surface area contributed by atoms with Gasteiger partial charge in [-0.3, -0.25) is 0 Å². The van der Waals surface area contributed by atoms with Gasteiger partial charge in [-0.1, -0.05) is 90.4 Å². The molecule has 5 rings (SSSR count). The molecule has 0 heterocycles. The van der Waals surface area contributed by atoms with E-state index in [-0.39, 0.29) is 0 Å². The minimum Gasteiger partial charge on any atom is -0.0840 e. The summed E-state index contributed by atoms with van der Waals surface area (Å²) in [6.45, 7) is 4.52. The van der Waals surface area contributed by atoms with Crippen LogP contribution in [0.15, 0.2) is 59.7 Å². The van der Waals surface area contributed by atoms with Crippen molar-refractivity contribution in [2.24, 2.45) is 5.92 Å². The molecule has 2 atom stereocenters. The Hall–Kier alpha value is -2.31. The molecule has 0 spiro atoms. The fourth-order valence-corrected chi connectivity index (χ4v) is 4.92. The molecule has 0 saturated heterocycles. The second-order valence-electron chi connectivity index (χ2n) is 7.99. The molecule has 134 valence electrons. The van der Waals surface area contributed by atoms with Crippen LogP contribution in [0.4, 0.5) is 0 Å². The summed E-state index contributed by atoms with van der Waals surface area (Å²) in [4.78, 5) is 0. The number of halogens is 1. The molecule has 0 N–H and O–H groups in total. The van der Waals surface area contributed by atoms with E-state index < -0.39 is 0 Å². The Morgan fingerprint density at radius 2 is 1.89 bits per heavy atom. The first kappa shape index (κ1) is 16.8. The van der Waals surface area contributed by atoms with E-state index >= 15 is 0 Å². The summed E-state index contributed by atoms with van der Waals surface area (Å²) in [6.07, 6.45) is 14.0. The third-order valence-electron chi connectivity index (χ3n) is 6.33. The molecule has 0 aliphatic heterocycles. The molecule has 0 nitrogen and oxygen atoms in total. The van der Waals surface area contributed by atoms with Crippen LogP contribution in [0.25, 0.3) is 23.8 Å². The van der Waals surface area contributed by atoms with Gasteiger partial charge in [0.15, 0.2) is 0 Å². The number of fused-ring (bicyclic) bond motifs is 4. The van der Waals surface area contributed by atoms with E-state index in [1.807, 2.05) is 12.1 Å². The summed E-state index contributed by atoms with van der Waals surface area (Å²) < 4.78 is 0. The van der Waals surface area contributed by atoms with Crippen molar-refractivity contribution in [1.29, 1.82) is 0 Å². The summed E-state index contributed by atoms with van der Waals surface area (Å²) in [6, 6.07) is 12.8. The third kappa shape index (κ3) is 2.75. The van der Waals surface area contributed by atoms with Gasteiger partial charge in [-0.2, -0.15) is 0 Å². The minimum atomic E-state index is 0.377. The number of benzene rings is 2. The highest BCUT2D eigenvalue weighted by molar-refractivity contribution is 6.31.